The molecule has 10 heteroatoms. The molecular weight excluding hydrogens is 548 g/mol. The number of carbonyl (C=O) groups excluding carboxylic acids is 2. The highest BCUT2D eigenvalue weighted by Gasteiger charge is 2.33. The van der Waals surface area contributed by atoms with Crippen LogP contribution in [-0.4, -0.2) is 30.2 Å². The summed E-state index contributed by atoms with van der Waals surface area (Å²) in [5, 5.41) is 0. The molecule has 0 radical (unpaired) electrons. The molecule has 0 bridgehead atoms. The van der Waals surface area contributed by atoms with Crippen LogP contribution < -0.4 is 24.4 Å². The third-order valence-corrected chi connectivity index (χ3v) is 6.94. The first kappa shape index (κ1) is 25.6. The number of halogens is 1. The first-order chi connectivity index (χ1) is 17.2. The van der Waals surface area contributed by atoms with E-state index in [-0.39, 0.29) is 12.2 Å². The first-order valence-electron chi connectivity index (χ1n) is 11.0. The lowest BCUT2D eigenvalue weighted by molar-refractivity contribution is -0.139. The Bertz CT molecular complexity index is 1550. The van der Waals surface area contributed by atoms with E-state index < -0.39 is 18.0 Å². The molecule has 36 heavy (non-hydrogen) atoms. The second kappa shape index (κ2) is 10.6. The van der Waals surface area contributed by atoms with E-state index in [1.54, 1.807) is 57.4 Å². The highest BCUT2D eigenvalue weighted by atomic mass is 79.9. The number of benzene rings is 2. The van der Waals surface area contributed by atoms with E-state index in [9.17, 15) is 14.4 Å². The summed E-state index contributed by atoms with van der Waals surface area (Å²) in [6.45, 7) is 4.96. The molecule has 1 aliphatic heterocycles. The Labute approximate surface area is 219 Å². The number of aromatic nitrogens is 1. The Kier molecular flexibility index (Phi) is 7.56. The van der Waals surface area contributed by atoms with Crippen molar-refractivity contribution in [1.82, 2.24) is 4.57 Å². The van der Waals surface area contributed by atoms with Gasteiger partial charge >= 0.3 is 11.9 Å². The molecule has 2 heterocycles. The molecule has 0 fully saturated rings. The van der Waals surface area contributed by atoms with Gasteiger partial charge in [0.05, 0.1) is 35.6 Å². The average Bonchev–Trinajstić information content (AvgIpc) is 3.14. The van der Waals surface area contributed by atoms with E-state index in [4.69, 9.17) is 14.2 Å². The number of methoxy groups -OCH3 is 1. The SMILES string of the molecule is CCOC(=O)C1=C(C)N=c2s/c(=C\c3cc(Br)ccc3OC(C)=O)c(=O)n2C1c1ccc(OC)cc1. The van der Waals surface area contributed by atoms with Gasteiger partial charge in [0.1, 0.15) is 11.5 Å². The molecule has 0 N–H and O–H groups in total. The number of esters is 2. The monoisotopic (exact) mass is 570 g/mol. The van der Waals surface area contributed by atoms with Gasteiger partial charge in [-0.2, -0.15) is 0 Å². The van der Waals surface area contributed by atoms with Gasteiger partial charge in [0, 0.05) is 17.0 Å². The van der Waals surface area contributed by atoms with Crippen LogP contribution in [0.3, 0.4) is 0 Å². The fourth-order valence-corrected chi connectivity index (χ4v) is 5.33. The van der Waals surface area contributed by atoms with Crippen LogP contribution >= 0.6 is 27.3 Å². The van der Waals surface area contributed by atoms with E-state index >= 15 is 0 Å². The molecule has 0 saturated heterocycles. The Hall–Kier alpha value is -3.50. The summed E-state index contributed by atoms with van der Waals surface area (Å²) >= 11 is 4.61. The number of thiazole rings is 1. The molecule has 0 spiro atoms. The van der Waals surface area contributed by atoms with Gasteiger partial charge < -0.3 is 14.2 Å². The molecule has 2 aromatic carbocycles. The zero-order valence-corrected chi connectivity index (χ0v) is 22.4. The topological polar surface area (TPSA) is 96.2 Å². The Morgan fingerprint density at radius 2 is 1.92 bits per heavy atom. The van der Waals surface area contributed by atoms with E-state index in [1.165, 1.54) is 22.8 Å². The molecule has 0 aliphatic carbocycles. The number of hydrogen-bond acceptors (Lipinski definition) is 8. The summed E-state index contributed by atoms with van der Waals surface area (Å²) < 4.78 is 18.5. The molecule has 1 aliphatic rings. The number of carbonyl (C=O) groups is 2. The van der Waals surface area contributed by atoms with Gasteiger partial charge in [-0.25, -0.2) is 9.79 Å². The predicted molar refractivity (Wildman–Crippen MR) is 139 cm³/mol. The van der Waals surface area contributed by atoms with Crippen molar-refractivity contribution >= 4 is 45.3 Å². The molecular formula is C26H23BrN2O6S. The molecule has 4 rings (SSSR count). The summed E-state index contributed by atoms with van der Waals surface area (Å²) in [5.41, 5.74) is 1.70. The van der Waals surface area contributed by atoms with Crippen molar-refractivity contribution in [3.05, 3.63) is 89.0 Å². The Balaban J connectivity index is 1.95. The van der Waals surface area contributed by atoms with Crippen molar-refractivity contribution in [1.29, 1.82) is 0 Å². The van der Waals surface area contributed by atoms with Crippen molar-refractivity contribution in [2.24, 2.45) is 4.99 Å². The number of nitrogens with zero attached hydrogens (tertiary/aromatic N) is 2. The van der Waals surface area contributed by atoms with Crippen LogP contribution in [-0.2, 0) is 14.3 Å². The molecule has 1 atom stereocenters. The molecule has 0 amide bonds. The van der Waals surface area contributed by atoms with Gasteiger partial charge in [-0.15, -0.1) is 0 Å². The van der Waals surface area contributed by atoms with E-state index in [1.807, 2.05) is 12.1 Å². The third kappa shape index (κ3) is 5.05. The fourth-order valence-electron chi connectivity index (χ4n) is 3.91. The summed E-state index contributed by atoms with van der Waals surface area (Å²) in [4.78, 5) is 43.3. The number of fused-ring (bicyclic) bond motifs is 1. The summed E-state index contributed by atoms with van der Waals surface area (Å²) in [6, 6.07) is 11.6. The maximum Gasteiger partial charge on any atom is 0.338 e. The zero-order chi connectivity index (χ0) is 26.0. The minimum absolute atomic E-state index is 0.192. The molecule has 1 unspecified atom stereocenters. The van der Waals surface area contributed by atoms with Crippen molar-refractivity contribution < 1.29 is 23.8 Å². The molecule has 3 aromatic rings. The quantitative estimate of drug-likeness (QED) is 0.332. The lowest BCUT2D eigenvalue weighted by atomic mass is 9.96. The van der Waals surface area contributed by atoms with E-state index in [0.717, 1.165) is 4.47 Å². The van der Waals surface area contributed by atoms with E-state index in [0.29, 0.717) is 43.2 Å². The minimum Gasteiger partial charge on any atom is -0.497 e. The van der Waals surface area contributed by atoms with Crippen molar-refractivity contribution in [2.75, 3.05) is 13.7 Å². The van der Waals surface area contributed by atoms with Gasteiger partial charge in [0.25, 0.3) is 5.56 Å². The number of rotatable bonds is 6. The smallest absolute Gasteiger partial charge is 0.338 e. The van der Waals surface area contributed by atoms with Gasteiger partial charge in [0.15, 0.2) is 4.80 Å². The Morgan fingerprint density at radius 1 is 1.19 bits per heavy atom. The number of ether oxygens (including phenoxy) is 3. The lowest BCUT2D eigenvalue weighted by Gasteiger charge is -2.24. The van der Waals surface area contributed by atoms with Gasteiger partial charge in [-0.3, -0.25) is 14.2 Å². The van der Waals surface area contributed by atoms with Crippen molar-refractivity contribution in [2.45, 2.75) is 26.8 Å². The standard InChI is InChI=1S/C26H23BrN2O6S/c1-5-34-25(32)22-14(2)28-26-29(23(22)16-6-9-19(33-4)10-7-16)24(31)21(36-26)13-17-12-18(27)8-11-20(17)35-15(3)30/h6-13,23H,5H2,1-4H3/b21-13-. The molecule has 1 aromatic heterocycles. The largest absolute Gasteiger partial charge is 0.497 e. The van der Waals surface area contributed by atoms with E-state index in [2.05, 4.69) is 20.9 Å². The Morgan fingerprint density at radius 3 is 2.56 bits per heavy atom. The second-order valence-corrected chi connectivity index (χ2v) is 9.78. The van der Waals surface area contributed by atoms with Crippen molar-refractivity contribution in [3.63, 3.8) is 0 Å². The lowest BCUT2D eigenvalue weighted by Crippen LogP contribution is -2.39. The second-order valence-electron chi connectivity index (χ2n) is 7.85. The van der Waals surface area contributed by atoms with Crippen molar-refractivity contribution in [3.8, 4) is 11.5 Å². The van der Waals surface area contributed by atoms with Crippen LogP contribution in [0, 0.1) is 0 Å². The summed E-state index contributed by atoms with van der Waals surface area (Å²) in [7, 11) is 1.57. The van der Waals surface area contributed by atoms with Crippen LogP contribution in [0.5, 0.6) is 11.5 Å². The summed E-state index contributed by atoms with van der Waals surface area (Å²) in [6.07, 6.45) is 1.65. The number of allylic oxidation sites excluding steroid dienone is 1. The van der Waals surface area contributed by atoms with Crippen LogP contribution in [0.2, 0.25) is 0 Å². The fraction of sp³-hybridized carbons (Fsp3) is 0.231. The van der Waals surface area contributed by atoms with Crippen LogP contribution in [0.1, 0.15) is 37.9 Å². The van der Waals surface area contributed by atoms with Gasteiger partial charge in [0.2, 0.25) is 0 Å². The third-order valence-electron chi connectivity index (χ3n) is 5.46. The molecule has 186 valence electrons. The maximum atomic E-state index is 13.7. The van der Waals surface area contributed by atoms with Gasteiger partial charge in [-0.1, -0.05) is 39.4 Å². The highest BCUT2D eigenvalue weighted by molar-refractivity contribution is 9.10. The van der Waals surface area contributed by atoms with Crippen LogP contribution in [0.25, 0.3) is 6.08 Å². The van der Waals surface area contributed by atoms with Crippen LogP contribution in [0.4, 0.5) is 0 Å². The minimum atomic E-state index is -0.733. The number of hydrogen-bond donors (Lipinski definition) is 0. The normalized spacial score (nSPS) is 15.2. The van der Waals surface area contributed by atoms with Crippen LogP contribution in [0.15, 0.2) is 68.0 Å². The predicted octanol–water partition coefficient (Wildman–Crippen LogP) is 3.49. The highest BCUT2D eigenvalue weighted by Crippen LogP contribution is 2.31. The maximum absolute atomic E-state index is 13.7. The molecule has 0 saturated carbocycles. The zero-order valence-electron chi connectivity index (χ0n) is 20.0. The average molecular weight is 571 g/mol. The first-order valence-corrected chi connectivity index (χ1v) is 12.7. The summed E-state index contributed by atoms with van der Waals surface area (Å²) in [5.74, 6) is -0.0237. The molecule has 8 nitrogen and oxygen atoms in total. The van der Waals surface area contributed by atoms with Gasteiger partial charge in [-0.05, 0) is 55.8 Å².